The van der Waals surface area contributed by atoms with Gasteiger partial charge < -0.3 is 4.90 Å². The average molecular weight is 498 g/mol. The lowest BCUT2D eigenvalue weighted by atomic mass is 9.93. The zero-order valence-corrected chi connectivity index (χ0v) is 21.6. The van der Waals surface area contributed by atoms with Crippen molar-refractivity contribution in [3.05, 3.63) is 65.4 Å². The monoisotopic (exact) mass is 497 g/mol. The zero-order chi connectivity index (χ0) is 24.1. The topological polar surface area (TPSA) is 54.3 Å². The molecule has 0 radical (unpaired) electrons. The molecule has 1 saturated carbocycles. The molecule has 1 aliphatic carbocycles. The van der Waals surface area contributed by atoms with E-state index in [1.807, 2.05) is 78.2 Å². The maximum atomic E-state index is 13.6. The Labute approximate surface area is 211 Å². The molecule has 1 aromatic heterocycles. The Morgan fingerprint density at radius 2 is 1.74 bits per heavy atom. The number of benzene rings is 2. The van der Waals surface area contributed by atoms with Gasteiger partial charge in [0.25, 0.3) is 0 Å². The minimum Gasteiger partial charge on any atom is -0.309 e. The third-order valence-electron chi connectivity index (χ3n) is 6.46. The van der Waals surface area contributed by atoms with Crippen molar-refractivity contribution in [3.63, 3.8) is 0 Å². The van der Waals surface area contributed by atoms with E-state index in [2.05, 4.69) is 22.0 Å². The molecule has 1 heterocycles. The van der Waals surface area contributed by atoms with Crippen LogP contribution in [-0.4, -0.2) is 51.5 Å². The highest BCUT2D eigenvalue weighted by Crippen LogP contribution is 2.31. The first-order valence-corrected chi connectivity index (χ1v) is 13.2. The molecule has 6 nitrogen and oxygen atoms in total. The molecule has 0 aliphatic heterocycles. The van der Waals surface area contributed by atoms with E-state index in [1.54, 1.807) is 0 Å². The lowest BCUT2D eigenvalue weighted by Gasteiger charge is -2.34. The summed E-state index contributed by atoms with van der Waals surface area (Å²) in [6.45, 7) is 2.09. The van der Waals surface area contributed by atoms with Crippen LogP contribution >= 0.6 is 23.4 Å². The van der Waals surface area contributed by atoms with E-state index in [4.69, 9.17) is 11.6 Å². The third kappa shape index (κ3) is 5.65. The predicted octanol–water partition coefficient (Wildman–Crippen LogP) is 6.00. The van der Waals surface area contributed by atoms with E-state index in [1.165, 1.54) is 31.0 Å². The smallest absolute Gasteiger partial charge is 0.237 e. The molecule has 1 aliphatic rings. The van der Waals surface area contributed by atoms with Crippen molar-refractivity contribution in [1.82, 2.24) is 19.7 Å². The minimum atomic E-state index is 0.0521. The predicted molar refractivity (Wildman–Crippen MR) is 140 cm³/mol. The van der Waals surface area contributed by atoms with E-state index in [-0.39, 0.29) is 18.0 Å². The second-order valence-electron chi connectivity index (χ2n) is 8.97. The fourth-order valence-electron chi connectivity index (χ4n) is 4.39. The number of amides is 1. The maximum absolute atomic E-state index is 13.6. The van der Waals surface area contributed by atoms with Gasteiger partial charge >= 0.3 is 0 Å². The van der Waals surface area contributed by atoms with Crippen LogP contribution in [0.15, 0.2) is 59.8 Å². The maximum Gasteiger partial charge on any atom is 0.237 e. The molecule has 0 bridgehead atoms. The number of nitrogens with zero attached hydrogens (tertiary/aromatic N) is 5. The molecule has 1 amide bonds. The number of hydrogen-bond donors (Lipinski definition) is 0. The van der Waals surface area contributed by atoms with Crippen molar-refractivity contribution in [2.24, 2.45) is 0 Å². The molecule has 34 heavy (non-hydrogen) atoms. The molecule has 1 fully saturated rings. The number of anilines is 1. The van der Waals surface area contributed by atoms with Crippen LogP contribution in [-0.2, 0) is 4.79 Å². The summed E-state index contributed by atoms with van der Waals surface area (Å²) in [6, 6.07) is 18.0. The summed E-state index contributed by atoms with van der Waals surface area (Å²) in [5.74, 6) is 1.23. The van der Waals surface area contributed by atoms with Gasteiger partial charge in [-0.25, -0.2) is 0 Å². The number of hydrogen-bond acceptors (Lipinski definition) is 5. The van der Waals surface area contributed by atoms with Gasteiger partial charge in [0.1, 0.15) is 0 Å². The summed E-state index contributed by atoms with van der Waals surface area (Å²) in [7, 11) is 4.04. The van der Waals surface area contributed by atoms with Gasteiger partial charge in [-0.2, -0.15) is 0 Å². The Bertz CT molecular complexity index is 1080. The van der Waals surface area contributed by atoms with Crippen LogP contribution in [0.1, 0.15) is 50.9 Å². The summed E-state index contributed by atoms with van der Waals surface area (Å²) >= 11 is 7.57. The Kier molecular flexibility index (Phi) is 8.29. The number of carbonyl (C=O) groups excluding carboxylic acids is 1. The molecular formula is C26H32ClN5OS. The number of halogens is 1. The van der Waals surface area contributed by atoms with Gasteiger partial charge in [0, 0.05) is 22.4 Å². The minimum absolute atomic E-state index is 0.0521. The molecule has 3 aromatic rings. The summed E-state index contributed by atoms with van der Waals surface area (Å²) in [5.41, 5.74) is 1.90. The normalized spacial score (nSPS) is 15.4. The highest BCUT2D eigenvalue weighted by atomic mass is 35.5. The van der Waals surface area contributed by atoms with Crippen LogP contribution in [0.5, 0.6) is 0 Å². The van der Waals surface area contributed by atoms with Crippen LogP contribution in [0.4, 0.5) is 5.69 Å². The van der Waals surface area contributed by atoms with Crippen molar-refractivity contribution in [2.75, 3.05) is 24.7 Å². The van der Waals surface area contributed by atoms with E-state index in [9.17, 15) is 4.79 Å². The second-order valence-corrected chi connectivity index (χ2v) is 10.4. The van der Waals surface area contributed by atoms with Crippen LogP contribution in [0.2, 0.25) is 5.02 Å². The Balaban J connectivity index is 1.60. The van der Waals surface area contributed by atoms with Crippen LogP contribution < -0.4 is 4.90 Å². The summed E-state index contributed by atoms with van der Waals surface area (Å²) in [4.78, 5) is 17.7. The Hall–Kier alpha value is -2.35. The molecule has 180 valence electrons. The molecule has 8 heteroatoms. The quantitative estimate of drug-likeness (QED) is 0.357. The summed E-state index contributed by atoms with van der Waals surface area (Å²) in [6.07, 6.45) is 5.70. The third-order valence-corrected chi connectivity index (χ3v) is 7.62. The Morgan fingerprint density at radius 1 is 1.06 bits per heavy atom. The summed E-state index contributed by atoms with van der Waals surface area (Å²) in [5, 5.41) is 10.4. The van der Waals surface area contributed by atoms with E-state index >= 15 is 0 Å². The highest BCUT2D eigenvalue weighted by molar-refractivity contribution is 7.99. The van der Waals surface area contributed by atoms with Crippen LogP contribution in [0.25, 0.3) is 5.69 Å². The second kappa shape index (κ2) is 11.4. The van der Waals surface area contributed by atoms with Crippen molar-refractivity contribution in [2.45, 2.75) is 56.3 Å². The van der Waals surface area contributed by atoms with Crippen LogP contribution in [0, 0.1) is 0 Å². The first-order valence-electron chi connectivity index (χ1n) is 11.8. The van der Waals surface area contributed by atoms with E-state index < -0.39 is 0 Å². The molecule has 0 N–H and O–H groups in total. The lowest BCUT2D eigenvalue weighted by Crippen LogP contribution is -2.42. The molecule has 2 aromatic carbocycles. The van der Waals surface area contributed by atoms with Gasteiger partial charge in [-0.05, 0) is 70.3 Å². The largest absolute Gasteiger partial charge is 0.309 e. The fourth-order valence-corrected chi connectivity index (χ4v) is 5.34. The molecule has 1 atom stereocenters. The molecule has 0 spiro atoms. The number of aromatic nitrogens is 3. The van der Waals surface area contributed by atoms with Gasteiger partial charge in [0.05, 0.1) is 11.8 Å². The van der Waals surface area contributed by atoms with Crippen molar-refractivity contribution in [3.8, 4) is 5.69 Å². The standard InChI is InChI=1S/C26H32ClN5OS/c1-19(30(2)3)25-28-29-26(32(25)23-16-14-20(27)15-17-23)34-18-24(33)31(21-10-6-4-7-11-21)22-12-8-5-9-13-22/h4,6-7,10-11,14-17,19,22H,5,8-9,12-13,18H2,1-3H3. The molecular weight excluding hydrogens is 466 g/mol. The number of rotatable bonds is 8. The number of carbonyl (C=O) groups is 1. The van der Waals surface area contributed by atoms with E-state index in [0.29, 0.717) is 15.9 Å². The number of para-hydroxylation sites is 1. The highest BCUT2D eigenvalue weighted by Gasteiger charge is 2.28. The zero-order valence-electron chi connectivity index (χ0n) is 20.0. The SMILES string of the molecule is CC(c1nnc(SCC(=O)N(c2ccccc2)C2CCCCC2)n1-c1ccc(Cl)cc1)N(C)C. The van der Waals surface area contributed by atoms with Gasteiger partial charge in [0.2, 0.25) is 5.91 Å². The van der Waals surface area contributed by atoms with Gasteiger partial charge in [0.15, 0.2) is 11.0 Å². The lowest BCUT2D eigenvalue weighted by molar-refractivity contribution is -0.116. The van der Waals surface area contributed by atoms with Crippen molar-refractivity contribution < 1.29 is 4.79 Å². The Morgan fingerprint density at radius 3 is 2.38 bits per heavy atom. The van der Waals surface area contributed by atoms with Crippen molar-refractivity contribution in [1.29, 1.82) is 0 Å². The van der Waals surface area contributed by atoms with Gasteiger partial charge in [-0.15, -0.1) is 10.2 Å². The van der Waals surface area contributed by atoms with Crippen LogP contribution in [0.3, 0.4) is 0 Å². The van der Waals surface area contributed by atoms with E-state index in [0.717, 1.165) is 30.0 Å². The average Bonchev–Trinajstić information content (AvgIpc) is 3.28. The van der Waals surface area contributed by atoms with Gasteiger partial charge in [-0.1, -0.05) is 60.8 Å². The molecule has 0 saturated heterocycles. The first-order chi connectivity index (χ1) is 16.5. The van der Waals surface area contributed by atoms with Gasteiger partial charge in [-0.3, -0.25) is 14.3 Å². The molecule has 1 unspecified atom stereocenters. The number of thioether (sulfide) groups is 1. The summed E-state index contributed by atoms with van der Waals surface area (Å²) < 4.78 is 2.03. The molecule has 4 rings (SSSR count). The first kappa shape index (κ1) is 24.8. The fraction of sp³-hybridized carbons (Fsp3) is 0.423. The van der Waals surface area contributed by atoms with Crippen molar-refractivity contribution >= 4 is 35.0 Å².